The number of aryl methyl sites for hydroxylation is 5. The van der Waals surface area contributed by atoms with E-state index in [1.807, 2.05) is 180 Å². The molecule has 4 saturated carbocycles. The molecule has 0 radical (unpaired) electrons. The maximum Gasteiger partial charge on any atom is 0.165 e. The minimum Gasteiger partial charge on any atom is -0.396 e. The summed E-state index contributed by atoms with van der Waals surface area (Å²) < 4.78 is 39.3. The highest BCUT2D eigenvalue weighted by molar-refractivity contribution is 7.91. The lowest BCUT2D eigenvalue weighted by Crippen LogP contribution is -2.37. The largest absolute Gasteiger partial charge is 0.396 e. The van der Waals surface area contributed by atoms with E-state index < -0.39 is 21.0 Å². The van der Waals surface area contributed by atoms with Gasteiger partial charge in [0.05, 0.1) is 66.0 Å². The molecule has 0 bridgehead atoms. The minimum atomic E-state index is -2.81. The number of halogens is 1. The number of fused-ring (bicyclic) bond motifs is 6. The number of aliphatic hydroxyl groups is 4. The molecule has 18 aromatic rings. The van der Waals surface area contributed by atoms with Crippen molar-refractivity contribution in [3.63, 3.8) is 0 Å². The van der Waals surface area contributed by atoms with E-state index in [9.17, 15) is 28.8 Å². The number of benzene rings is 6. The monoisotopic (exact) mass is 2060 g/mol. The lowest BCUT2D eigenvalue weighted by Gasteiger charge is -2.36. The van der Waals surface area contributed by atoms with Crippen LogP contribution in [0.5, 0.6) is 0 Å². The first-order valence-corrected chi connectivity index (χ1v) is 55.1. The van der Waals surface area contributed by atoms with Gasteiger partial charge in [0.2, 0.25) is 0 Å². The first-order chi connectivity index (χ1) is 72.6. The molecule has 0 unspecified atom stereocenters. The number of ether oxygens (including phenoxy) is 1. The van der Waals surface area contributed by atoms with Crippen molar-refractivity contribution in [1.82, 2.24) is 87.6 Å². The molecule has 10 N–H and O–H groups in total. The van der Waals surface area contributed by atoms with E-state index in [0.717, 1.165) is 284 Å². The summed E-state index contributed by atoms with van der Waals surface area (Å²) in [7, 11) is -2.81. The van der Waals surface area contributed by atoms with Gasteiger partial charge < -0.3 is 57.1 Å². The smallest absolute Gasteiger partial charge is 0.165 e. The summed E-state index contributed by atoms with van der Waals surface area (Å²) in [6, 6.07) is 63.4. The van der Waals surface area contributed by atoms with Gasteiger partial charge in [-0.15, -0.1) is 0 Å². The van der Waals surface area contributed by atoms with Crippen LogP contribution in [0.4, 0.5) is 34.9 Å². The van der Waals surface area contributed by atoms with Crippen LogP contribution in [0.15, 0.2) is 256 Å². The van der Waals surface area contributed by atoms with Gasteiger partial charge in [0.1, 0.15) is 44.7 Å². The molecule has 14 heterocycles. The van der Waals surface area contributed by atoms with Crippen LogP contribution in [0.1, 0.15) is 177 Å². The molecule has 6 aromatic carbocycles. The predicted octanol–water partition coefficient (Wildman–Crippen LogP) is 21.9. The van der Waals surface area contributed by atoms with Gasteiger partial charge in [0, 0.05) is 132 Å². The molecule has 150 heavy (non-hydrogen) atoms. The van der Waals surface area contributed by atoms with E-state index in [4.69, 9.17) is 46.2 Å². The van der Waals surface area contributed by atoms with Gasteiger partial charge in [-0.2, -0.15) is 30.6 Å². The Labute approximate surface area is 880 Å². The molecule has 0 spiro atoms. The number of nitrogens with zero attached hydrogens (tertiary/aromatic N) is 18. The third kappa shape index (κ3) is 26.8. The summed E-state index contributed by atoms with van der Waals surface area (Å²) in [5.74, 6) is 7.01. The van der Waals surface area contributed by atoms with Gasteiger partial charge in [-0.1, -0.05) is 173 Å². The van der Waals surface area contributed by atoms with Crippen molar-refractivity contribution < 1.29 is 33.6 Å². The number of nitrogens with one attached hydrogen (secondary N) is 6. The van der Waals surface area contributed by atoms with Crippen molar-refractivity contribution in [3.05, 3.63) is 289 Å². The molecule has 6 aliphatic rings. The Hall–Kier alpha value is -14.1. The van der Waals surface area contributed by atoms with Gasteiger partial charge in [0.15, 0.2) is 33.9 Å². The topological polar surface area (TPSA) is 378 Å². The summed E-state index contributed by atoms with van der Waals surface area (Å²) in [5.41, 5.74) is 22.9. The highest BCUT2D eigenvalue weighted by atomic mass is 35.5. The maximum atomic E-state index is 11.5. The molecular formula is C117H137ClN24O7S. The van der Waals surface area contributed by atoms with Crippen LogP contribution in [-0.4, -0.2) is 202 Å². The Morgan fingerprint density at radius 2 is 0.647 bits per heavy atom. The van der Waals surface area contributed by atoms with Gasteiger partial charge in [-0.3, -0.25) is 0 Å². The van der Waals surface area contributed by atoms with Gasteiger partial charge in [-0.05, 0) is 283 Å². The molecule has 0 amide bonds. The molecule has 2 aliphatic heterocycles. The highest BCUT2D eigenvalue weighted by Gasteiger charge is 2.34. The van der Waals surface area contributed by atoms with Crippen molar-refractivity contribution in [3.8, 4) is 66.8 Å². The summed E-state index contributed by atoms with van der Waals surface area (Å²) in [5, 5.41) is 87.5. The van der Waals surface area contributed by atoms with Crippen LogP contribution >= 0.6 is 11.6 Å². The molecule has 33 heteroatoms. The second-order valence-electron chi connectivity index (χ2n) is 42.2. The molecular weight excluding hydrogens is 1920 g/mol. The number of rotatable bonds is 21. The molecule has 24 rings (SSSR count). The van der Waals surface area contributed by atoms with Crippen LogP contribution in [0.2, 0.25) is 5.02 Å². The number of hydrogen-bond acceptors (Lipinski definition) is 25. The van der Waals surface area contributed by atoms with Crippen LogP contribution in [0.3, 0.4) is 0 Å². The minimum absolute atomic E-state index is 0.138. The maximum absolute atomic E-state index is 11.5. The first-order valence-electron chi connectivity index (χ1n) is 52.9. The third-order valence-corrected chi connectivity index (χ3v) is 31.8. The van der Waals surface area contributed by atoms with Crippen molar-refractivity contribution in [2.75, 3.05) is 69.8 Å². The molecule has 12 aromatic heterocycles. The molecule has 31 nitrogen and oxygen atoms in total. The van der Waals surface area contributed by atoms with E-state index in [-0.39, 0.29) is 6.10 Å². The summed E-state index contributed by atoms with van der Waals surface area (Å²) >= 11 is 6.10. The number of sulfone groups is 1. The van der Waals surface area contributed by atoms with Gasteiger partial charge in [-0.25, -0.2) is 65.4 Å². The van der Waals surface area contributed by atoms with Crippen molar-refractivity contribution in [2.24, 2.45) is 17.8 Å². The Balaban J connectivity index is 0.000000113. The van der Waals surface area contributed by atoms with Crippen LogP contribution < -0.4 is 31.9 Å². The first kappa shape index (κ1) is 104. The highest BCUT2D eigenvalue weighted by Crippen LogP contribution is 2.39. The molecule has 780 valence electrons. The Morgan fingerprint density at radius 1 is 0.367 bits per heavy atom. The standard InChI is InChI=1S/C22H28N4O.2C20H24N4O.C19H22N4O2S.C19H22N4O.C17H17ClN4O/c1-15-5-4-6-16(13-15)19-14-23-26-12-11-20(25-21(19)26)24-18-9-7-17(8-10-18)22(2,3)27;1-14-4-3-5-15(12-14)17-13-21-24-11-8-18(23-19(17)24)22-16-6-9-20(2,25)10-7-16;1-14-3-2-4-16(11-14)18-12-21-24-10-9-19(23-20(18)24)22-17-7-5-15(13-25)6-8-17;1-14-3-2-4-16(11-14)17-13-21-23-8-5-18(22-19(17)23)20-12-15-6-9-26(24,25)10-7-15;1-13-3-2-4-14(11-13)17-12-20-23-10-9-18(22-19(17)23)21-15-5-7-16(24)8-6-15;18-13-3-1-2-12(10-13)15-11-19-22-7-4-16(21-17(15)22)20-14-5-8-23-9-6-14/h4-6,11-14,17-18,27H,7-10H2,1-3H3,(H,24,25);3-5,8,11-13,16,25H,6-7,9-10H2,1-2H3,(H,22,23);2-4,9-12,15,17,25H,5-8,13H2,1H3,(H,22,23);2-5,8,11,13,15H,6-7,9-10,12H2,1H3,(H,20,22);2-4,9-12,15-16,24H,5-8H2,1H3,(H,21,22);1-4,7,10-11,14H,5-6,8-9H2,(H,20,21). The third-order valence-electron chi connectivity index (χ3n) is 29.8. The number of aliphatic hydroxyl groups excluding tert-OH is 2. The Kier molecular flexibility index (Phi) is 33.0. The fourth-order valence-corrected chi connectivity index (χ4v) is 22.8. The van der Waals surface area contributed by atoms with Gasteiger partial charge >= 0.3 is 0 Å². The van der Waals surface area contributed by atoms with Crippen molar-refractivity contribution >= 4 is 90.2 Å². The van der Waals surface area contributed by atoms with Crippen molar-refractivity contribution in [1.29, 1.82) is 0 Å². The van der Waals surface area contributed by atoms with E-state index in [2.05, 4.69) is 212 Å². The number of anilines is 6. The fraction of sp³-hybridized carbons (Fsp3) is 0.385. The quantitative estimate of drug-likeness (QED) is 0.0319. The van der Waals surface area contributed by atoms with E-state index in [1.54, 1.807) is 9.03 Å². The zero-order valence-corrected chi connectivity index (χ0v) is 88.3. The Bertz CT molecular complexity index is 7730. The van der Waals surface area contributed by atoms with Crippen LogP contribution in [0, 0.1) is 52.4 Å². The van der Waals surface area contributed by atoms with E-state index >= 15 is 0 Å². The Morgan fingerprint density at radius 3 is 0.953 bits per heavy atom. The lowest BCUT2D eigenvalue weighted by atomic mass is 9.77. The number of hydrogen-bond donors (Lipinski definition) is 10. The second kappa shape index (κ2) is 47.4. The average molecular weight is 2060 g/mol. The van der Waals surface area contributed by atoms with Crippen LogP contribution in [-0.2, 0) is 14.6 Å². The lowest BCUT2D eigenvalue weighted by molar-refractivity contribution is -0.000424. The fourth-order valence-electron chi connectivity index (χ4n) is 21.0. The summed E-state index contributed by atoms with van der Waals surface area (Å²) in [6.07, 6.45) is 42.0. The van der Waals surface area contributed by atoms with E-state index in [0.29, 0.717) is 71.1 Å². The summed E-state index contributed by atoms with van der Waals surface area (Å²) in [6.45, 7) is 18.9. The normalized spacial score (nSPS) is 20.0. The predicted molar refractivity (Wildman–Crippen MR) is 597 cm³/mol. The zero-order chi connectivity index (χ0) is 104. The number of aromatic nitrogens is 18. The summed E-state index contributed by atoms with van der Waals surface area (Å²) in [4.78, 5) is 28.7. The molecule has 4 aliphatic carbocycles. The average Bonchev–Trinajstić information content (AvgIpc) is 1.64. The second-order valence-corrected chi connectivity index (χ2v) is 44.9. The molecule has 0 atom stereocenters. The van der Waals surface area contributed by atoms with Crippen LogP contribution in [0.25, 0.3) is 101 Å². The molecule has 2 saturated heterocycles. The SMILES string of the molecule is Cc1cccc(-c2cnn3ccc(NC4CCC(C(C)(C)O)CC4)nc23)c1.Cc1cccc(-c2cnn3ccc(NC4CCC(C)(O)CC4)nc23)c1.Cc1cccc(-c2cnn3ccc(NC4CCC(CO)CC4)nc23)c1.Cc1cccc(-c2cnn3ccc(NC4CCC(O)CC4)nc23)c1.Cc1cccc(-c2cnn3ccc(NCC4CCS(=O)(=O)CC4)nc23)c1.Clc1cccc(-c2cnn3ccc(NC4CCOCC4)nc23)c1. The van der Waals surface area contributed by atoms with E-state index in [1.165, 1.54) is 27.8 Å². The van der Waals surface area contributed by atoms with Gasteiger partial charge in [0.25, 0.3) is 0 Å². The zero-order valence-electron chi connectivity index (χ0n) is 86.7. The van der Waals surface area contributed by atoms with Crippen molar-refractivity contribution in [2.45, 2.75) is 231 Å². The molecule has 6 fully saturated rings.